The van der Waals surface area contributed by atoms with Crippen LogP contribution in [0.4, 0.5) is 13.2 Å². The third kappa shape index (κ3) is 6.64. The molecule has 1 fully saturated rings. The van der Waals surface area contributed by atoms with Crippen LogP contribution in [-0.2, 0) is 29.0 Å². The van der Waals surface area contributed by atoms with Crippen molar-refractivity contribution in [2.45, 2.75) is 32.1 Å². The Morgan fingerprint density at radius 3 is 2.48 bits per heavy atom. The minimum atomic E-state index is -4.93. The van der Waals surface area contributed by atoms with E-state index in [-0.39, 0.29) is 13.1 Å². The fraction of sp³-hybridized carbons (Fsp3) is 0.379. The average molecular weight is 591 g/mol. The first-order chi connectivity index (χ1) is 19.2. The number of rotatable bonds is 5. The number of fused-ring (bicyclic) bond motifs is 1. The molecule has 3 aromatic rings. The number of aryl methyl sites for hydroxylation is 1. The van der Waals surface area contributed by atoms with Crippen LogP contribution in [0.25, 0.3) is 11.3 Å². The van der Waals surface area contributed by atoms with Gasteiger partial charge in [0, 0.05) is 78.7 Å². The van der Waals surface area contributed by atoms with Crippen LogP contribution in [-0.4, -0.2) is 71.1 Å². The average Bonchev–Trinajstić information content (AvgIpc) is 3.31. The maximum absolute atomic E-state index is 13.3. The highest BCUT2D eigenvalue weighted by Crippen LogP contribution is 2.33. The summed E-state index contributed by atoms with van der Waals surface area (Å²) in [7, 11) is 0. The molecule has 6 nitrogen and oxygen atoms in total. The van der Waals surface area contributed by atoms with E-state index >= 15 is 0 Å². The summed E-state index contributed by atoms with van der Waals surface area (Å²) in [5.74, 6) is 4.30. The quantitative estimate of drug-likeness (QED) is 0.372. The number of morpholine rings is 1. The van der Waals surface area contributed by atoms with Gasteiger partial charge in [-0.1, -0.05) is 41.1 Å². The number of amides is 1. The third-order valence-corrected chi connectivity index (χ3v) is 7.62. The first kappa shape index (κ1) is 28.5. The third-order valence-electron chi connectivity index (χ3n) is 7.04. The summed E-state index contributed by atoms with van der Waals surface area (Å²) in [6.45, 7) is 4.48. The van der Waals surface area contributed by atoms with Gasteiger partial charge in [0.25, 0.3) is 0 Å². The van der Waals surface area contributed by atoms with Gasteiger partial charge in [-0.15, -0.1) is 0 Å². The predicted molar refractivity (Wildman–Crippen MR) is 147 cm³/mol. The van der Waals surface area contributed by atoms with Crippen LogP contribution in [0.15, 0.2) is 42.5 Å². The summed E-state index contributed by atoms with van der Waals surface area (Å²) in [5.41, 5.74) is 4.00. The zero-order chi connectivity index (χ0) is 28.3. The standard InChI is InChI=1S/C29H27Cl2F3N4O2/c30-23-7-3-20(4-8-23)2-5-21-18-22(6-9-25(21)31)27-24-19-37(28(39)29(32,33)34)13-10-26(24)38(35-27)12-1-11-36-14-16-40-17-15-36/h3-4,6-9,18H,1,10-17,19H2. The van der Waals surface area contributed by atoms with E-state index in [1.807, 2.05) is 4.68 Å². The molecule has 0 saturated carbocycles. The van der Waals surface area contributed by atoms with E-state index in [1.54, 1.807) is 42.5 Å². The molecule has 210 valence electrons. The molecule has 0 N–H and O–H groups in total. The Kier molecular flexibility index (Phi) is 8.71. The normalized spacial score (nSPS) is 15.9. The van der Waals surface area contributed by atoms with Crippen LogP contribution in [0.2, 0.25) is 10.0 Å². The minimum Gasteiger partial charge on any atom is -0.379 e. The molecule has 11 heteroatoms. The smallest absolute Gasteiger partial charge is 0.379 e. The molecule has 1 amide bonds. The highest BCUT2D eigenvalue weighted by atomic mass is 35.5. The molecule has 2 aliphatic rings. The summed E-state index contributed by atoms with van der Waals surface area (Å²) in [4.78, 5) is 15.3. The van der Waals surface area contributed by atoms with Gasteiger partial charge >= 0.3 is 12.1 Å². The van der Waals surface area contributed by atoms with Crippen molar-refractivity contribution in [1.82, 2.24) is 19.6 Å². The summed E-state index contributed by atoms with van der Waals surface area (Å²) in [6.07, 6.45) is -3.81. The summed E-state index contributed by atoms with van der Waals surface area (Å²) in [6, 6.07) is 12.4. The fourth-order valence-electron chi connectivity index (χ4n) is 4.97. The number of aromatic nitrogens is 2. The molecule has 0 radical (unpaired) electrons. The second-order valence-corrected chi connectivity index (χ2v) is 10.6. The Bertz CT molecular complexity index is 1440. The Balaban J connectivity index is 1.45. The van der Waals surface area contributed by atoms with Gasteiger partial charge in [-0.25, -0.2) is 0 Å². The van der Waals surface area contributed by atoms with Crippen LogP contribution >= 0.6 is 23.2 Å². The van der Waals surface area contributed by atoms with Crippen LogP contribution in [0, 0.1) is 11.8 Å². The number of benzene rings is 2. The lowest BCUT2D eigenvalue weighted by Crippen LogP contribution is -2.44. The van der Waals surface area contributed by atoms with E-state index in [4.69, 9.17) is 33.0 Å². The van der Waals surface area contributed by atoms with Gasteiger partial charge in [0.15, 0.2) is 0 Å². The number of hydrogen-bond acceptors (Lipinski definition) is 4. The van der Waals surface area contributed by atoms with Crippen molar-refractivity contribution in [3.8, 4) is 23.1 Å². The van der Waals surface area contributed by atoms with Crippen LogP contribution in [0.1, 0.15) is 28.8 Å². The van der Waals surface area contributed by atoms with Crippen molar-refractivity contribution in [2.24, 2.45) is 0 Å². The van der Waals surface area contributed by atoms with Gasteiger partial charge in [0.1, 0.15) is 0 Å². The molecule has 1 aromatic heterocycles. The fourth-order valence-corrected chi connectivity index (χ4v) is 5.26. The van der Waals surface area contributed by atoms with Crippen molar-refractivity contribution in [3.05, 3.63) is 74.9 Å². The maximum Gasteiger partial charge on any atom is 0.471 e. The van der Waals surface area contributed by atoms with E-state index < -0.39 is 12.1 Å². The van der Waals surface area contributed by atoms with Crippen molar-refractivity contribution in [2.75, 3.05) is 39.4 Å². The Hall–Kier alpha value is -3.03. The Labute approximate surface area is 240 Å². The molecule has 1 saturated heterocycles. The zero-order valence-corrected chi connectivity index (χ0v) is 23.1. The number of halogens is 5. The summed E-state index contributed by atoms with van der Waals surface area (Å²) < 4.78 is 47.1. The van der Waals surface area contributed by atoms with Crippen LogP contribution < -0.4 is 0 Å². The molecule has 3 heterocycles. The predicted octanol–water partition coefficient (Wildman–Crippen LogP) is 5.43. The lowest BCUT2D eigenvalue weighted by molar-refractivity contribution is -0.186. The highest BCUT2D eigenvalue weighted by molar-refractivity contribution is 6.32. The lowest BCUT2D eigenvalue weighted by atomic mass is 9.99. The number of alkyl halides is 3. The molecule has 0 aliphatic carbocycles. The lowest BCUT2D eigenvalue weighted by Gasteiger charge is -2.29. The van der Waals surface area contributed by atoms with Gasteiger partial charge in [-0.2, -0.15) is 18.3 Å². The SMILES string of the molecule is O=C(N1CCc2c(c(-c3ccc(Cl)c(C#Cc4ccc(Cl)cc4)c3)nn2CCCN2CCOCC2)C1)C(F)(F)F. The zero-order valence-electron chi connectivity index (χ0n) is 21.6. The van der Waals surface area contributed by atoms with Crippen LogP contribution in [0.5, 0.6) is 0 Å². The molecule has 40 heavy (non-hydrogen) atoms. The van der Waals surface area contributed by atoms with E-state index in [0.29, 0.717) is 58.6 Å². The molecule has 0 spiro atoms. The first-order valence-electron chi connectivity index (χ1n) is 13.0. The van der Waals surface area contributed by atoms with Gasteiger partial charge in [-0.05, 0) is 42.8 Å². The Morgan fingerprint density at radius 1 is 1.00 bits per heavy atom. The second kappa shape index (κ2) is 12.2. The second-order valence-electron chi connectivity index (χ2n) is 9.73. The van der Waals surface area contributed by atoms with Crippen LogP contribution in [0.3, 0.4) is 0 Å². The molecule has 2 aliphatic heterocycles. The van der Waals surface area contributed by atoms with Crippen molar-refractivity contribution >= 4 is 29.1 Å². The summed E-state index contributed by atoms with van der Waals surface area (Å²) in [5, 5.41) is 5.90. The molecular weight excluding hydrogens is 564 g/mol. The van der Waals surface area contributed by atoms with Crippen molar-refractivity contribution < 1.29 is 22.7 Å². The number of ether oxygens (including phenoxy) is 1. The van der Waals surface area contributed by atoms with Gasteiger partial charge < -0.3 is 9.64 Å². The van der Waals surface area contributed by atoms with E-state index in [0.717, 1.165) is 42.2 Å². The van der Waals surface area contributed by atoms with Crippen molar-refractivity contribution in [1.29, 1.82) is 0 Å². The van der Waals surface area contributed by atoms with Gasteiger partial charge in [-0.3, -0.25) is 14.4 Å². The molecule has 0 bridgehead atoms. The van der Waals surface area contributed by atoms with Gasteiger partial charge in [0.05, 0.1) is 23.9 Å². The highest BCUT2D eigenvalue weighted by Gasteiger charge is 2.44. The topological polar surface area (TPSA) is 50.6 Å². The molecule has 0 atom stereocenters. The van der Waals surface area contributed by atoms with E-state index in [1.165, 1.54) is 0 Å². The number of nitrogens with zero attached hydrogens (tertiary/aromatic N) is 4. The summed E-state index contributed by atoms with van der Waals surface area (Å²) >= 11 is 12.4. The number of carbonyl (C=O) groups is 1. The molecule has 2 aromatic carbocycles. The number of hydrogen-bond donors (Lipinski definition) is 0. The monoisotopic (exact) mass is 590 g/mol. The van der Waals surface area contributed by atoms with E-state index in [2.05, 4.69) is 16.7 Å². The van der Waals surface area contributed by atoms with Gasteiger partial charge in [0.2, 0.25) is 0 Å². The Morgan fingerprint density at radius 2 is 1.75 bits per heavy atom. The minimum absolute atomic E-state index is 0.0155. The first-order valence-corrected chi connectivity index (χ1v) is 13.8. The molecule has 0 unspecified atom stereocenters. The number of carbonyl (C=O) groups excluding carboxylic acids is 1. The largest absolute Gasteiger partial charge is 0.471 e. The van der Waals surface area contributed by atoms with E-state index in [9.17, 15) is 18.0 Å². The van der Waals surface area contributed by atoms with Crippen molar-refractivity contribution in [3.63, 3.8) is 0 Å². The molecule has 5 rings (SSSR count). The maximum atomic E-state index is 13.3. The molecular formula is C29H27Cl2F3N4O2.